The number of hydrogen-bond acceptors (Lipinski definition) is 3. The summed E-state index contributed by atoms with van der Waals surface area (Å²) in [5.41, 5.74) is 1.32. The summed E-state index contributed by atoms with van der Waals surface area (Å²) in [4.78, 5) is 36.2. The molecule has 2 rings (SSSR count). The van der Waals surface area contributed by atoms with Gasteiger partial charge >= 0.3 is 5.97 Å². The van der Waals surface area contributed by atoms with E-state index >= 15 is 0 Å². The summed E-state index contributed by atoms with van der Waals surface area (Å²) in [5, 5.41) is 11.8. The van der Waals surface area contributed by atoms with E-state index in [1.807, 2.05) is 13.8 Å². The third kappa shape index (κ3) is 4.31. The average molecular weight is 318 g/mol. The lowest BCUT2D eigenvalue weighted by Crippen LogP contribution is -2.25. The molecular weight excluding hydrogens is 296 g/mol. The van der Waals surface area contributed by atoms with Crippen LogP contribution in [0.5, 0.6) is 0 Å². The lowest BCUT2D eigenvalue weighted by atomic mass is 10.1. The molecule has 0 unspecified atom stereocenters. The van der Waals surface area contributed by atoms with Gasteiger partial charge in [0.05, 0.1) is 5.92 Å². The van der Waals surface area contributed by atoms with Crippen molar-refractivity contribution in [3.8, 4) is 0 Å². The molecule has 0 radical (unpaired) electrons. The van der Waals surface area contributed by atoms with E-state index in [9.17, 15) is 14.4 Å². The van der Waals surface area contributed by atoms with Crippen LogP contribution in [0.2, 0.25) is 0 Å². The maximum Gasteiger partial charge on any atom is 0.308 e. The largest absolute Gasteiger partial charge is 0.481 e. The third-order valence-corrected chi connectivity index (χ3v) is 4.17. The average Bonchev–Trinajstić information content (AvgIpc) is 2.90. The van der Waals surface area contributed by atoms with Crippen molar-refractivity contribution in [2.75, 3.05) is 16.8 Å². The molecule has 0 aliphatic carbocycles. The van der Waals surface area contributed by atoms with Crippen molar-refractivity contribution in [2.24, 2.45) is 11.8 Å². The molecule has 1 heterocycles. The van der Waals surface area contributed by atoms with Crippen molar-refractivity contribution in [3.05, 3.63) is 24.3 Å². The molecule has 0 saturated carbocycles. The second-order valence-electron chi connectivity index (χ2n) is 6.06. The summed E-state index contributed by atoms with van der Waals surface area (Å²) in [5.74, 6) is -1.49. The predicted octanol–water partition coefficient (Wildman–Crippen LogP) is 2.50. The smallest absolute Gasteiger partial charge is 0.308 e. The molecule has 0 bridgehead atoms. The van der Waals surface area contributed by atoms with Crippen molar-refractivity contribution in [1.29, 1.82) is 0 Å². The molecule has 6 heteroatoms. The number of amides is 2. The molecule has 1 aromatic rings. The van der Waals surface area contributed by atoms with Crippen LogP contribution in [0.25, 0.3) is 0 Å². The monoisotopic (exact) mass is 318 g/mol. The Morgan fingerprint density at radius 1 is 1.35 bits per heavy atom. The normalized spacial score (nSPS) is 18.8. The molecule has 23 heavy (non-hydrogen) atoms. The lowest BCUT2D eigenvalue weighted by Gasteiger charge is -2.17. The van der Waals surface area contributed by atoms with E-state index in [-0.39, 0.29) is 24.8 Å². The molecule has 2 atom stereocenters. The molecule has 0 spiro atoms. The minimum Gasteiger partial charge on any atom is -0.481 e. The number of aliphatic carboxylic acids is 1. The topological polar surface area (TPSA) is 86.7 Å². The number of carboxylic acid groups (broad SMARTS) is 1. The van der Waals surface area contributed by atoms with Crippen LogP contribution >= 0.6 is 0 Å². The quantitative estimate of drug-likeness (QED) is 0.843. The molecule has 1 aliphatic heterocycles. The number of benzene rings is 1. The predicted molar refractivity (Wildman–Crippen MR) is 87.2 cm³/mol. The standard InChI is InChI=1S/C17H22N2O4/c1-3-11(2)8-15(20)18-13-4-6-14(7-5-13)19-10-12(17(22)23)9-16(19)21/h4-7,11-12H,3,8-10H2,1-2H3,(H,18,20)(H,22,23)/t11-,12-/m0/s1. The minimum absolute atomic E-state index is 0.0305. The molecule has 2 N–H and O–H groups in total. The van der Waals surface area contributed by atoms with E-state index in [0.29, 0.717) is 23.7 Å². The number of nitrogens with zero attached hydrogens (tertiary/aromatic N) is 1. The molecule has 1 aromatic carbocycles. The summed E-state index contributed by atoms with van der Waals surface area (Å²) in [7, 11) is 0. The first-order valence-corrected chi connectivity index (χ1v) is 7.83. The van der Waals surface area contributed by atoms with E-state index in [1.165, 1.54) is 4.90 Å². The number of carboxylic acids is 1. The minimum atomic E-state index is -0.949. The fourth-order valence-electron chi connectivity index (χ4n) is 2.52. The Bertz CT molecular complexity index is 597. The maximum atomic E-state index is 11.9. The van der Waals surface area contributed by atoms with Crippen LogP contribution in [0.15, 0.2) is 24.3 Å². The van der Waals surface area contributed by atoms with Crippen LogP contribution in [0, 0.1) is 11.8 Å². The lowest BCUT2D eigenvalue weighted by molar-refractivity contribution is -0.141. The Hall–Kier alpha value is -2.37. The Kier molecular flexibility index (Phi) is 5.36. The van der Waals surface area contributed by atoms with Gasteiger partial charge in [-0.05, 0) is 30.2 Å². The molecule has 6 nitrogen and oxygen atoms in total. The van der Waals surface area contributed by atoms with Crippen LogP contribution in [0.3, 0.4) is 0 Å². The molecule has 1 fully saturated rings. The van der Waals surface area contributed by atoms with Crippen molar-refractivity contribution >= 4 is 29.2 Å². The summed E-state index contributed by atoms with van der Waals surface area (Å²) in [6.45, 7) is 4.26. The van der Waals surface area contributed by atoms with E-state index < -0.39 is 11.9 Å². The van der Waals surface area contributed by atoms with Gasteiger partial charge < -0.3 is 15.3 Å². The highest BCUT2D eigenvalue weighted by molar-refractivity contribution is 5.99. The number of carbonyl (C=O) groups is 3. The number of rotatable bonds is 6. The zero-order valence-corrected chi connectivity index (χ0v) is 13.4. The number of nitrogens with one attached hydrogen (secondary N) is 1. The van der Waals surface area contributed by atoms with E-state index in [2.05, 4.69) is 5.32 Å². The summed E-state index contributed by atoms with van der Waals surface area (Å²) >= 11 is 0. The van der Waals surface area contributed by atoms with Gasteiger partial charge in [-0.1, -0.05) is 20.3 Å². The molecular formula is C17H22N2O4. The van der Waals surface area contributed by atoms with Crippen LogP contribution in [-0.2, 0) is 14.4 Å². The molecule has 1 saturated heterocycles. The first-order chi connectivity index (χ1) is 10.9. The fraction of sp³-hybridized carbons (Fsp3) is 0.471. The molecule has 1 aliphatic rings. The number of anilines is 2. The van der Waals surface area contributed by atoms with Crippen LogP contribution < -0.4 is 10.2 Å². The Labute approximate surface area is 135 Å². The third-order valence-electron chi connectivity index (χ3n) is 4.17. The van der Waals surface area contributed by atoms with Crippen LogP contribution in [0.4, 0.5) is 11.4 Å². The van der Waals surface area contributed by atoms with Crippen molar-refractivity contribution in [3.63, 3.8) is 0 Å². The van der Waals surface area contributed by atoms with Crippen molar-refractivity contribution < 1.29 is 19.5 Å². The maximum absolute atomic E-state index is 11.9. The summed E-state index contributed by atoms with van der Waals surface area (Å²) in [6, 6.07) is 6.90. The first-order valence-electron chi connectivity index (χ1n) is 7.83. The molecule has 124 valence electrons. The second-order valence-corrected chi connectivity index (χ2v) is 6.06. The Balaban J connectivity index is 1.98. The van der Waals surface area contributed by atoms with E-state index in [4.69, 9.17) is 5.11 Å². The summed E-state index contributed by atoms with van der Waals surface area (Å²) < 4.78 is 0. The fourth-order valence-corrected chi connectivity index (χ4v) is 2.52. The van der Waals surface area contributed by atoms with E-state index in [0.717, 1.165) is 6.42 Å². The van der Waals surface area contributed by atoms with Crippen molar-refractivity contribution in [2.45, 2.75) is 33.1 Å². The van der Waals surface area contributed by atoms with Gasteiger partial charge in [0.15, 0.2) is 0 Å². The zero-order valence-electron chi connectivity index (χ0n) is 13.4. The van der Waals surface area contributed by atoms with Gasteiger partial charge in [0, 0.05) is 30.8 Å². The SMILES string of the molecule is CC[C@H](C)CC(=O)Nc1ccc(N2C[C@@H](C(=O)O)CC2=O)cc1. The van der Waals surface area contributed by atoms with Crippen LogP contribution in [0.1, 0.15) is 33.1 Å². The molecule has 0 aromatic heterocycles. The zero-order chi connectivity index (χ0) is 17.0. The van der Waals surface area contributed by atoms with Gasteiger partial charge in [-0.3, -0.25) is 14.4 Å². The van der Waals surface area contributed by atoms with E-state index in [1.54, 1.807) is 24.3 Å². The highest BCUT2D eigenvalue weighted by atomic mass is 16.4. The highest BCUT2D eigenvalue weighted by Gasteiger charge is 2.34. The Morgan fingerprint density at radius 2 is 2.00 bits per heavy atom. The first kappa shape index (κ1) is 17.0. The molecule has 2 amide bonds. The van der Waals surface area contributed by atoms with Gasteiger partial charge in [-0.15, -0.1) is 0 Å². The Morgan fingerprint density at radius 3 is 2.52 bits per heavy atom. The second kappa shape index (κ2) is 7.26. The number of carbonyl (C=O) groups excluding carboxylic acids is 2. The number of hydrogen-bond donors (Lipinski definition) is 2. The van der Waals surface area contributed by atoms with Gasteiger partial charge in [-0.25, -0.2) is 0 Å². The highest BCUT2D eigenvalue weighted by Crippen LogP contribution is 2.26. The van der Waals surface area contributed by atoms with Gasteiger partial charge in [-0.2, -0.15) is 0 Å². The van der Waals surface area contributed by atoms with Gasteiger partial charge in [0.25, 0.3) is 0 Å². The van der Waals surface area contributed by atoms with Crippen LogP contribution in [-0.4, -0.2) is 29.4 Å². The van der Waals surface area contributed by atoms with Crippen molar-refractivity contribution in [1.82, 2.24) is 0 Å². The summed E-state index contributed by atoms with van der Waals surface area (Å²) in [6.07, 6.45) is 1.46. The van der Waals surface area contributed by atoms with Gasteiger partial charge in [0.1, 0.15) is 0 Å². The van der Waals surface area contributed by atoms with Gasteiger partial charge in [0.2, 0.25) is 11.8 Å².